The van der Waals surface area contributed by atoms with Gasteiger partial charge in [0.05, 0.1) is 13.2 Å². The molecule has 22 heavy (non-hydrogen) atoms. The Bertz CT molecular complexity index is 304. The van der Waals surface area contributed by atoms with Gasteiger partial charge in [-0.15, -0.1) is 24.0 Å². The van der Waals surface area contributed by atoms with Crippen LogP contribution in [0.15, 0.2) is 4.99 Å². The highest BCUT2D eigenvalue weighted by Crippen LogP contribution is 2.00. The number of rotatable bonds is 7. The van der Waals surface area contributed by atoms with E-state index in [-0.39, 0.29) is 30.0 Å². The van der Waals surface area contributed by atoms with Crippen molar-refractivity contribution in [2.45, 2.75) is 26.3 Å². The predicted molar refractivity (Wildman–Crippen MR) is 104 cm³/mol. The maximum absolute atomic E-state index is 5.15. The van der Waals surface area contributed by atoms with E-state index in [0.717, 1.165) is 38.7 Å². The van der Waals surface area contributed by atoms with Gasteiger partial charge in [0.25, 0.3) is 0 Å². The SMILES string of the molecule is CCNC(=NCCN1CCCN(C)CC1)NC(C)COC.I. The van der Waals surface area contributed by atoms with Crippen LogP contribution in [0.5, 0.6) is 0 Å². The molecule has 1 rings (SSSR count). The number of likely N-dealkylation sites (N-methyl/N-ethyl adjacent to an activating group) is 1. The van der Waals surface area contributed by atoms with Crippen molar-refractivity contribution in [3.63, 3.8) is 0 Å². The van der Waals surface area contributed by atoms with Gasteiger partial charge in [0.15, 0.2) is 5.96 Å². The van der Waals surface area contributed by atoms with Gasteiger partial charge in [-0.05, 0) is 40.4 Å². The Morgan fingerprint density at radius 1 is 1.27 bits per heavy atom. The van der Waals surface area contributed by atoms with E-state index in [2.05, 4.69) is 46.3 Å². The molecular formula is C15H34IN5O. The fraction of sp³-hybridized carbons (Fsp3) is 0.933. The van der Waals surface area contributed by atoms with Crippen LogP contribution in [-0.2, 0) is 4.74 Å². The Morgan fingerprint density at radius 3 is 2.73 bits per heavy atom. The average molecular weight is 427 g/mol. The second kappa shape index (κ2) is 13.3. The molecule has 1 aliphatic heterocycles. The minimum absolute atomic E-state index is 0. The second-order valence-corrected chi connectivity index (χ2v) is 5.76. The summed E-state index contributed by atoms with van der Waals surface area (Å²) >= 11 is 0. The molecule has 0 spiro atoms. The van der Waals surface area contributed by atoms with E-state index in [4.69, 9.17) is 4.74 Å². The summed E-state index contributed by atoms with van der Waals surface area (Å²) in [7, 11) is 3.92. The summed E-state index contributed by atoms with van der Waals surface area (Å²) in [5, 5.41) is 6.65. The molecule has 132 valence electrons. The molecule has 1 fully saturated rings. The number of methoxy groups -OCH3 is 1. The van der Waals surface area contributed by atoms with Crippen LogP contribution in [0.4, 0.5) is 0 Å². The van der Waals surface area contributed by atoms with Crippen LogP contribution in [0.2, 0.25) is 0 Å². The maximum Gasteiger partial charge on any atom is 0.191 e. The van der Waals surface area contributed by atoms with E-state index in [1.807, 2.05) is 0 Å². The highest BCUT2D eigenvalue weighted by Gasteiger charge is 2.11. The number of nitrogens with one attached hydrogen (secondary N) is 2. The fourth-order valence-corrected chi connectivity index (χ4v) is 2.47. The lowest BCUT2D eigenvalue weighted by atomic mass is 10.4. The number of aliphatic imine (C=N–C) groups is 1. The summed E-state index contributed by atoms with van der Waals surface area (Å²) in [6.07, 6.45) is 1.25. The Balaban J connectivity index is 0.00000441. The first kappa shape index (κ1) is 21.9. The number of nitrogens with zero attached hydrogens (tertiary/aromatic N) is 3. The number of guanidine groups is 1. The number of hydrogen-bond acceptors (Lipinski definition) is 4. The molecule has 0 amide bonds. The van der Waals surface area contributed by atoms with E-state index in [9.17, 15) is 0 Å². The lowest BCUT2D eigenvalue weighted by molar-refractivity contribution is 0.179. The first-order valence-electron chi connectivity index (χ1n) is 8.10. The molecule has 0 aromatic heterocycles. The third-order valence-corrected chi connectivity index (χ3v) is 3.64. The largest absolute Gasteiger partial charge is 0.383 e. The molecule has 7 heteroatoms. The van der Waals surface area contributed by atoms with Gasteiger partial charge in [-0.1, -0.05) is 0 Å². The van der Waals surface area contributed by atoms with Gasteiger partial charge in [-0.2, -0.15) is 0 Å². The van der Waals surface area contributed by atoms with Crippen LogP contribution in [0.3, 0.4) is 0 Å². The topological polar surface area (TPSA) is 52.1 Å². The summed E-state index contributed by atoms with van der Waals surface area (Å²) < 4.78 is 5.15. The molecule has 2 N–H and O–H groups in total. The molecule has 0 bridgehead atoms. The minimum atomic E-state index is 0. The maximum atomic E-state index is 5.15. The fourth-order valence-electron chi connectivity index (χ4n) is 2.47. The molecule has 1 saturated heterocycles. The smallest absolute Gasteiger partial charge is 0.191 e. The molecule has 0 radical (unpaired) electrons. The predicted octanol–water partition coefficient (Wildman–Crippen LogP) is 0.832. The molecule has 0 aromatic carbocycles. The normalized spacial score (nSPS) is 19.2. The molecule has 1 unspecified atom stereocenters. The Morgan fingerprint density at radius 2 is 2.05 bits per heavy atom. The zero-order chi connectivity index (χ0) is 15.5. The van der Waals surface area contributed by atoms with Crippen molar-refractivity contribution in [1.29, 1.82) is 0 Å². The van der Waals surface area contributed by atoms with Gasteiger partial charge in [-0.3, -0.25) is 4.99 Å². The van der Waals surface area contributed by atoms with E-state index < -0.39 is 0 Å². The van der Waals surface area contributed by atoms with Crippen LogP contribution in [0, 0.1) is 0 Å². The third-order valence-electron chi connectivity index (χ3n) is 3.64. The monoisotopic (exact) mass is 427 g/mol. The van der Waals surface area contributed by atoms with Crippen molar-refractivity contribution in [2.24, 2.45) is 4.99 Å². The van der Waals surface area contributed by atoms with Gasteiger partial charge in [0.1, 0.15) is 0 Å². The summed E-state index contributed by atoms with van der Waals surface area (Å²) in [4.78, 5) is 9.58. The highest BCUT2D eigenvalue weighted by atomic mass is 127. The summed E-state index contributed by atoms with van der Waals surface area (Å²) in [5.74, 6) is 0.883. The van der Waals surface area contributed by atoms with Crippen molar-refractivity contribution in [3.8, 4) is 0 Å². The highest BCUT2D eigenvalue weighted by molar-refractivity contribution is 14.0. The van der Waals surface area contributed by atoms with Crippen LogP contribution < -0.4 is 10.6 Å². The molecule has 6 nitrogen and oxygen atoms in total. The average Bonchev–Trinajstić information content (AvgIpc) is 2.64. The summed E-state index contributed by atoms with van der Waals surface area (Å²) in [6, 6.07) is 0.264. The van der Waals surface area contributed by atoms with Gasteiger partial charge >= 0.3 is 0 Å². The van der Waals surface area contributed by atoms with Gasteiger partial charge in [0, 0.05) is 39.3 Å². The van der Waals surface area contributed by atoms with E-state index >= 15 is 0 Å². The van der Waals surface area contributed by atoms with Gasteiger partial charge < -0.3 is 25.2 Å². The van der Waals surface area contributed by atoms with E-state index in [1.165, 1.54) is 19.5 Å². The Labute approximate surface area is 153 Å². The second-order valence-electron chi connectivity index (χ2n) is 5.76. The van der Waals surface area contributed by atoms with Crippen molar-refractivity contribution in [1.82, 2.24) is 20.4 Å². The zero-order valence-electron chi connectivity index (χ0n) is 14.6. The Kier molecular flexibility index (Phi) is 13.3. The van der Waals surface area contributed by atoms with E-state index in [0.29, 0.717) is 6.61 Å². The quantitative estimate of drug-likeness (QED) is 0.358. The van der Waals surface area contributed by atoms with Crippen LogP contribution >= 0.6 is 24.0 Å². The molecule has 0 saturated carbocycles. The zero-order valence-corrected chi connectivity index (χ0v) is 16.9. The van der Waals surface area contributed by atoms with Crippen LogP contribution in [0.1, 0.15) is 20.3 Å². The Hall–Kier alpha value is -0.120. The lowest BCUT2D eigenvalue weighted by Crippen LogP contribution is -2.44. The number of hydrogen-bond donors (Lipinski definition) is 2. The summed E-state index contributed by atoms with van der Waals surface area (Å²) in [6.45, 7) is 12.3. The molecule has 0 aromatic rings. The summed E-state index contributed by atoms with van der Waals surface area (Å²) in [5.41, 5.74) is 0. The third kappa shape index (κ3) is 9.81. The van der Waals surface area contributed by atoms with Crippen molar-refractivity contribution in [2.75, 3.05) is 66.6 Å². The number of ether oxygens (including phenoxy) is 1. The lowest BCUT2D eigenvalue weighted by Gasteiger charge is -2.20. The molecule has 0 aliphatic carbocycles. The van der Waals surface area contributed by atoms with Crippen LogP contribution in [-0.4, -0.2) is 88.4 Å². The standard InChI is InChI=1S/C15H33N5O.HI/c1-5-16-15(18-14(2)13-21-4)17-7-10-20-9-6-8-19(3)11-12-20;/h14H,5-13H2,1-4H3,(H2,16,17,18);1H. The number of halogens is 1. The van der Waals surface area contributed by atoms with Crippen molar-refractivity contribution < 1.29 is 4.74 Å². The minimum Gasteiger partial charge on any atom is -0.383 e. The molecular weight excluding hydrogens is 393 g/mol. The molecule has 1 atom stereocenters. The molecule has 1 aliphatic rings. The van der Waals surface area contributed by atoms with Crippen molar-refractivity contribution >= 4 is 29.9 Å². The van der Waals surface area contributed by atoms with Crippen molar-refractivity contribution in [3.05, 3.63) is 0 Å². The first-order chi connectivity index (χ1) is 10.2. The van der Waals surface area contributed by atoms with Gasteiger partial charge in [0.2, 0.25) is 0 Å². The van der Waals surface area contributed by atoms with Crippen LogP contribution in [0.25, 0.3) is 0 Å². The van der Waals surface area contributed by atoms with Gasteiger partial charge in [-0.25, -0.2) is 0 Å². The molecule has 1 heterocycles. The first-order valence-corrected chi connectivity index (χ1v) is 8.10. The van der Waals surface area contributed by atoms with E-state index in [1.54, 1.807) is 7.11 Å².